The first-order valence-electron chi connectivity index (χ1n) is 11.7. The molecule has 4 nitrogen and oxygen atoms in total. The Morgan fingerprint density at radius 1 is 0.871 bits per heavy atom. The highest BCUT2D eigenvalue weighted by molar-refractivity contribution is 6.74. The SMILES string of the molecule is CCC[C@@H]1O[C@H](O[Si](C)(C)C(C)(C)C)c2ccc(OC)cc2[C@@H]1O[Si](C)(C)C(C)(C)C. The highest BCUT2D eigenvalue weighted by Crippen LogP contribution is 2.49. The van der Waals surface area contributed by atoms with Crippen LogP contribution in [0.2, 0.25) is 36.3 Å². The van der Waals surface area contributed by atoms with Crippen LogP contribution < -0.4 is 4.74 Å². The second kappa shape index (κ2) is 9.30. The Bertz CT molecular complexity index is 747. The molecule has 3 atom stereocenters. The summed E-state index contributed by atoms with van der Waals surface area (Å²) in [4.78, 5) is 0. The molecule has 1 aliphatic heterocycles. The van der Waals surface area contributed by atoms with Crippen molar-refractivity contribution < 1.29 is 18.3 Å². The Labute approximate surface area is 193 Å². The van der Waals surface area contributed by atoms with Crippen LogP contribution in [0.3, 0.4) is 0 Å². The number of benzene rings is 1. The van der Waals surface area contributed by atoms with E-state index in [-0.39, 0.29) is 28.6 Å². The topological polar surface area (TPSA) is 36.9 Å². The van der Waals surface area contributed by atoms with E-state index in [2.05, 4.69) is 86.8 Å². The maximum Gasteiger partial charge on any atom is 0.195 e. The lowest BCUT2D eigenvalue weighted by molar-refractivity contribution is -0.176. The van der Waals surface area contributed by atoms with Gasteiger partial charge >= 0.3 is 0 Å². The molecule has 0 amide bonds. The number of rotatable bonds is 7. The largest absolute Gasteiger partial charge is 0.497 e. The molecule has 2 rings (SSSR count). The van der Waals surface area contributed by atoms with E-state index >= 15 is 0 Å². The van der Waals surface area contributed by atoms with Crippen molar-refractivity contribution in [2.45, 2.75) is 116 Å². The molecule has 178 valence electrons. The number of methoxy groups -OCH3 is 1. The van der Waals surface area contributed by atoms with Crippen LogP contribution in [0, 0.1) is 0 Å². The quantitative estimate of drug-likeness (QED) is 0.382. The zero-order valence-corrected chi connectivity index (χ0v) is 24.0. The van der Waals surface area contributed by atoms with Crippen LogP contribution in [0.5, 0.6) is 5.75 Å². The van der Waals surface area contributed by atoms with Crippen LogP contribution in [-0.4, -0.2) is 29.8 Å². The highest BCUT2D eigenvalue weighted by Gasteiger charge is 2.47. The van der Waals surface area contributed by atoms with Crippen molar-refractivity contribution in [2.75, 3.05) is 7.11 Å². The zero-order valence-electron chi connectivity index (χ0n) is 22.0. The molecule has 0 spiro atoms. The standard InChI is InChI=1S/C25H46O4Si2/c1-13-14-21-22(28-30(9,10)24(2,3)4)20-17-18(26-8)15-16-19(20)23(27-21)29-31(11,12)25(5,6)7/h15-17,21-23H,13-14H2,1-12H3/t21-,22-,23+/m0/s1. The summed E-state index contributed by atoms with van der Waals surface area (Å²) in [5.74, 6) is 0.853. The summed E-state index contributed by atoms with van der Waals surface area (Å²) in [6.45, 7) is 25.1. The fourth-order valence-electron chi connectivity index (χ4n) is 3.32. The normalized spacial score (nSPS) is 22.9. The van der Waals surface area contributed by atoms with Gasteiger partial charge in [-0.05, 0) is 66.4 Å². The van der Waals surface area contributed by atoms with E-state index in [4.69, 9.17) is 18.3 Å². The maximum atomic E-state index is 6.99. The van der Waals surface area contributed by atoms with Crippen molar-refractivity contribution >= 4 is 16.6 Å². The van der Waals surface area contributed by atoms with E-state index in [0.717, 1.165) is 29.7 Å². The monoisotopic (exact) mass is 466 g/mol. The van der Waals surface area contributed by atoms with Gasteiger partial charge in [-0.1, -0.05) is 54.9 Å². The Balaban J connectivity index is 2.56. The van der Waals surface area contributed by atoms with E-state index in [9.17, 15) is 0 Å². The molecular weight excluding hydrogens is 420 g/mol. The summed E-state index contributed by atoms with van der Waals surface area (Å²) in [5.41, 5.74) is 2.25. The third-order valence-corrected chi connectivity index (χ3v) is 16.4. The lowest BCUT2D eigenvalue weighted by atomic mass is 9.93. The molecule has 0 unspecified atom stereocenters. The van der Waals surface area contributed by atoms with Crippen LogP contribution in [0.4, 0.5) is 0 Å². The minimum absolute atomic E-state index is 0.0338. The van der Waals surface area contributed by atoms with Gasteiger partial charge in [-0.2, -0.15) is 0 Å². The summed E-state index contributed by atoms with van der Waals surface area (Å²) >= 11 is 0. The second-order valence-corrected chi connectivity index (χ2v) is 21.5. The van der Waals surface area contributed by atoms with E-state index in [1.807, 2.05) is 6.07 Å². The summed E-state index contributed by atoms with van der Waals surface area (Å²) in [7, 11) is -2.31. The van der Waals surface area contributed by atoms with Gasteiger partial charge in [0.2, 0.25) is 0 Å². The van der Waals surface area contributed by atoms with E-state index in [1.54, 1.807) is 7.11 Å². The first-order chi connectivity index (χ1) is 14.0. The van der Waals surface area contributed by atoms with Crippen molar-refractivity contribution in [3.05, 3.63) is 29.3 Å². The molecule has 0 fully saturated rings. The Kier molecular flexibility index (Phi) is 7.97. The van der Waals surface area contributed by atoms with Crippen LogP contribution >= 0.6 is 0 Å². The number of hydrogen-bond acceptors (Lipinski definition) is 4. The first-order valence-corrected chi connectivity index (χ1v) is 17.5. The Morgan fingerprint density at radius 2 is 1.42 bits per heavy atom. The van der Waals surface area contributed by atoms with Crippen LogP contribution in [0.25, 0.3) is 0 Å². The lowest BCUT2D eigenvalue weighted by Gasteiger charge is -2.47. The van der Waals surface area contributed by atoms with Crippen LogP contribution in [0.15, 0.2) is 18.2 Å². The van der Waals surface area contributed by atoms with Crippen LogP contribution in [0.1, 0.15) is 84.8 Å². The summed E-state index contributed by atoms with van der Waals surface area (Å²) < 4.78 is 26.1. The minimum atomic E-state index is -2.02. The molecule has 0 aliphatic carbocycles. The van der Waals surface area contributed by atoms with Gasteiger partial charge in [0.15, 0.2) is 22.9 Å². The molecular formula is C25H46O4Si2. The van der Waals surface area contributed by atoms with E-state index in [0.29, 0.717) is 0 Å². The van der Waals surface area contributed by atoms with Gasteiger partial charge in [-0.15, -0.1) is 0 Å². The van der Waals surface area contributed by atoms with Crippen molar-refractivity contribution in [3.8, 4) is 5.75 Å². The highest BCUT2D eigenvalue weighted by atomic mass is 28.4. The van der Waals surface area contributed by atoms with Crippen molar-refractivity contribution in [3.63, 3.8) is 0 Å². The fraction of sp³-hybridized carbons (Fsp3) is 0.760. The predicted octanol–water partition coefficient (Wildman–Crippen LogP) is 7.98. The smallest absolute Gasteiger partial charge is 0.195 e. The van der Waals surface area contributed by atoms with Gasteiger partial charge in [0.05, 0.1) is 19.3 Å². The van der Waals surface area contributed by atoms with Gasteiger partial charge < -0.3 is 18.3 Å². The third kappa shape index (κ3) is 5.83. The minimum Gasteiger partial charge on any atom is -0.497 e. The molecule has 0 bridgehead atoms. The molecule has 0 radical (unpaired) electrons. The van der Waals surface area contributed by atoms with Gasteiger partial charge in [0, 0.05) is 5.56 Å². The average Bonchev–Trinajstić information content (AvgIpc) is 2.62. The number of hydrogen-bond donors (Lipinski definition) is 0. The molecule has 31 heavy (non-hydrogen) atoms. The van der Waals surface area contributed by atoms with Crippen molar-refractivity contribution in [1.82, 2.24) is 0 Å². The van der Waals surface area contributed by atoms with Gasteiger partial charge in [-0.25, -0.2) is 0 Å². The van der Waals surface area contributed by atoms with Crippen molar-refractivity contribution in [2.24, 2.45) is 0 Å². The van der Waals surface area contributed by atoms with Gasteiger partial charge in [0.1, 0.15) is 5.75 Å². The molecule has 0 saturated heterocycles. The molecule has 0 N–H and O–H groups in total. The summed E-state index contributed by atoms with van der Waals surface area (Å²) in [5, 5.41) is 0.231. The fourth-order valence-corrected chi connectivity index (χ4v) is 5.66. The Morgan fingerprint density at radius 3 is 1.90 bits per heavy atom. The third-order valence-electron chi connectivity index (χ3n) is 7.50. The van der Waals surface area contributed by atoms with Gasteiger partial charge in [-0.3, -0.25) is 0 Å². The maximum absolute atomic E-state index is 6.99. The molecule has 0 aromatic heterocycles. The van der Waals surface area contributed by atoms with Gasteiger partial charge in [0.25, 0.3) is 0 Å². The summed E-state index contributed by atoms with van der Waals surface area (Å²) in [6, 6.07) is 6.25. The molecule has 1 heterocycles. The van der Waals surface area contributed by atoms with E-state index < -0.39 is 16.6 Å². The van der Waals surface area contributed by atoms with Crippen LogP contribution in [-0.2, 0) is 13.6 Å². The number of fused-ring (bicyclic) bond motifs is 1. The zero-order chi connectivity index (χ0) is 23.8. The molecule has 1 aliphatic rings. The average molecular weight is 467 g/mol. The van der Waals surface area contributed by atoms with Crippen molar-refractivity contribution in [1.29, 1.82) is 0 Å². The number of ether oxygens (including phenoxy) is 2. The molecule has 1 aromatic rings. The molecule has 6 heteroatoms. The van der Waals surface area contributed by atoms with E-state index in [1.165, 1.54) is 0 Å². The lowest BCUT2D eigenvalue weighted by Crippen LogP contribution is -2.48. The predicted molar refractivity (Wildman–Crippen MR) is 135 cm³/mol. The Hall–Kier alpha value is -0.666. The first kappa shape index (κ1) is 26.6. The molecule has 0 saturated carbocycles. The molecule has 1 aromatic carbocycles. The summed E-state index contributed by atoms with van der Waals surface area (Å²) in [6.07, 6.45) is 1.47. The second-order valence-electron chi connectivity index (χ2n) is 12.0.